The first-order valence-corrected chi connectivity index (χ1v) is 14.1. The molecule has 220 valence electrons. The highest BCUT2D eigenvalue weighted by Gasteiger charge is 2.52. The van der Waals surface area contributed by atoms with Crippen LogP contribution in [0.5, 0.6) is 0 Å². The molecule has 4 aromatic rings. The van der Waals surface area contributed by atoms with Crippen LogP contribution in [-0.2, 0) is 18.6 Å². The summed E-state index contributed by atoms with van der Waals surface area (Å²) in [5.74, 6) is -0.0891. The van der Waals surface area contributed by atoms with E-state index in [9.17, 15) is 29.6 Å². The first kappa shape index (κ1) is 27.6. The summed E-state index contributed by atoms with van der Waals surface area (Å²) in [7, 11) is -4.63. The van der Waals surface area contributed by atoms with Gasteiger partial charge in [-0.1, -0.05) is 0 Å². The van der Waals surface area contributed by atoms with Gasteiger partial charge in [0, 0.05) is 0 Å². The SMILES string of the molecule is C[C@H](OP(=O)(O)[C@@H]1C[C@@H](CO)OC1n1cnc2c(=O)[nH]c(N)nc21)[C@@H]1O[C@@H](n2cnc3c(N)ncnc32)[C@H](O)[C@@H]1O. The number of ether oxygens (including phenoxy) is 2. The van der Waals surface area contributed by atoms with Crippen molar-refractivity contribution in [3.8, 4) is 0 Å². The van der Waals surface area contributed by atoms with Crippen molar-refractivity contribution in [3.63, 3.8) is 0 Å². The number of aromatic amines is 1. The summed E-state index contributed by atoms with van der Waals surface area (Å²) in [4.78, 5) is 45.9. The lowest BCUT2D eigenvalue weighted by molar-refractivity contribution is -0.0736. The average Bonchev–Trinajstić information content (AvgIpc) is 3.69. The summed E-state index contributed by atoms with van der Waals surface area (Å²) in [6.07, 6.45) is -5.07. The lowest BCUT2D eigenvalue weighted by Crippen LogP contribution is -2.38. The van der Waals surface area contributed by atoms with Gasteiger partial charge in [-0.05, 0) is 13.3 Å². The largest absolute Gasteiger partial charge is 0.394 e. The Bertz CT molecular complexity index is 1710. The Morgan fingerprint density at radius 1 is 1.10 bits per heavy atom. The molecular formula is C21H27N10O9P. The number of aliphatic hydroxyl groups excluding tert-OH is 3. The molecule has 6 heterocycles. The van der Waals surface area contributed by atoms with Gasteiger partial charge in [0.25, 0.3) is 5.56 Å². The van der Waals surface area contributed by atoms with Gasteiger partial charge in [-0.15, -0.1) is 0 Å². The molecule has 0 bridgehead atoms. The molecule has 0 aromatic carbocycles. The van der Waals surface area contributed by atoms with Crippen LogP contribution in [0.2, 0.25) is 0 Å². The zero-order chi connectivity index (χ0) is 29.2. The summed E-state index contributed by atoms with van der Waals surface area (Å²) in [6, 6.07) is 0. The number of nitrogens with one attached hydrogen (secondary N) is 1. The zero-order valence-electron chi connectivity index (χ0n) is 21.3. The van der Waals surface area contributed by atoms with E-state index in [1.165, 1.54) is 35.0 Å². The number of imidazole rings is 2. The Balaban J connectivity index is 1.26. The van der Waals surface area contributed by atoms with Gasteiger partial charge < -0.3 is 45.7 Å². The van der Waals surface area contributed by atoms with Crippen LogP contribution in [0.15, 0.2) is 23.8 Å². The summed E-state index contributed by atoms with van der Waals surface area (Å²) in [5, 5.41) is 31.3. The highest BCUT2D eigenvalue weighted by Crippen LogP contribution is 2.58. The second kappa shape index (κ2) is 10.1. The Morgan fingerprint density at radius 3 is 2.54 bits per heavy atom. The Hall–Kier alpha value is -3.55. The normalized spacial score (nSPS) is 30.7. The van der Waals surface area contributed by atoms with Gasteiger partial charge in [0.05, 0.1) is 31.5 Å². The van der Waals surface area contributed by atoms with Crippen molar-refractivity contribution in [3.05, 3.63) is 29.3 Å². The van der Waals surface area contributed by atoms with Gasteiger partial charge in [-0.3, -0.25) is 23.5 Å². The van der Waals surface area contributed by atoms with Crippen molar-refractivity contribution < 1.29 is 38.8 Å². The number of hydrogen-bond acceptors (Lipinski definition) is 15. The second-order valence-corrected chi connectivity index (χ2v) is 11.8. The number of nitrogen functional groups attached to an aromatic ring is 2. The molecule has 6 rings (SSSR count). The van der Waals surface area contributed by atoms with Crippen molar-refractivity contribution in [2.45, 2.75) is 62.0 Å². The molecule has 0 saturated carbocycles. The van der Waals surface area contributed by atoms with Crippen molar-refractivity contribution in [2.24, 2.45) is 0 Å². The Morgan fingerprint density at radius 2 is 1.80 bits per heavy atom. The third-order valence-corrected chi connectivity index (χ3v) is 9.17. The van der Waals surface area contributed by atoms with Crippen molar-refractivity contribution in [1.29, 1.82) is 0 Å². The van der Waals surface area contributed by atoms with E-state index in [4.69, 9.17) is 25.5 Å². The molecule has 2 fully saturated rings. The predicted octanol–water partition coefficient (Wildman–Crippen LogP) is -2.02. The summed E-state index contributed by atoms with van der Waals surface area (Å²) >= 11 is 0. The molecule has 2 aliphatic rings. The number of aliphatic hydroxyl groups is 3. The fourth-order valence-corrected chi connectivity index (χ4v) is 7.05. The number of aromatic nitrogens is 8. The molecule has 0 radical (unpaired) electrons. The van der Waals surface area contributed by atoms with Crippen LogP contribution in [0.1, 0.15) is 25.8 Å². The summed E-state index contributed by atoms with van der Waals surface area (Å²) in [5.41, 5.74) is 10.1. The minimum Gasteiger partial charge on any atom is -0.394 e. The van der Waals surface area contributed by atoms with Crippen LogP contribution in [0, 0.1) is 0 Å². The lowest BCUT2D eigenvalue weighted by atomic mass is 10.1. The van der Waals surface area contributed by atoms with E-state index in [0.717, 1.165) is 0 Å². The third-order valence-electron chi connectivity index (χ3n) is 7.23. The van der Waals surface area contributed by atoms with Crippen LogP contribution in [0.3, 0.4) is 0 Å². The molecule has 2 saturated heterocycles. The molecule has 20 heteroatoms. The zero-order valence-corrected chi connectivity index (χ0v) is 22.2. The van der Waals surface area contributed by atoms with E-state index >= 15 is 0 Å². The maximum Gasteiger partial charge on any atom is 0.336 e. The van der Waals surface area contributed by atoms with Gasteiger partial charge in [0.2, 0.25) is 5.95 Å². The average molecular weight is 594 g/mol. The van der Waals surface area contributed by atoms with Crippen molar-refractivity contribution >= 4 is 41.7 Å². The molecule has 9 atom stereocenters. The summed E-state index contributed by atoms with van der Waals surface area (Å²) < 4.78 is 33.7. The molecule has 0 spiro atoms. The molecule has 19 nitrogen and oxygen atoms in total. The number of H-pyrrole nitrogens is 1. The molecule has 0 amide bonds. The van der Waals surface area contributed by atoms with Gasteiger partial charge in [-0.2, -0.15) is 4.98 Å². The quantitative estimate of drug-likeness (QED) is 0.114. The van der Waals surface area contributed by atoms with Crippen molar-refractivity contribution in [2.75, 3.05) is 18.1 Å². The van der Waals surface area contributed by atoms with Gasteiger partial charge in [0.15, 0.2) is 35.1 Å². The second-order valence-electron chi connectivity index (χ2n) is 9.84. The van der Waals surface area contributed by atoms with E-state index < -0.39 is 68.4 Å². The molecular weight excluding hydrogens is 567 g/mol. The van der Waals surface area contributed by atoms with Gasteiger partial charge >= 0.3 is 7.60 Å². The van der Waals surface area contributed by atoms with Crippen LogP contribution >= 0.6 is 7.60 Å². The number of nitrogens with zero attached hydrogens (tertiary/aromatic N) is 7. The molecule has 41 heavy (non-hydrogen) atoms. The van der Waals surface area contributed by atoms with E-state index in [2.05, 4.69) is 29.9 Å². The number of fused-ring (bicyclic) bond motifs is 2. The van der Waals surface area contributed by atoms with Crippen LogP contribution < -0.4 is 17.0 Å². The van der Waals surface area contributed by atoms with Crippen molar-refractivity contribution in [1.82, 2.24) is 39.0 Å². The van der Waals surface area contributed by atoms with E-state index in [1.807, 2.05) is 0 Å². The predicted molar refractivity (Wildman–Crippen MR) is 138 cm³/mol. The van der Waals surface area contributed by atoms with Gasteiger partial charge in [0.1, 0.15) is 35.8 Å². The lowest BCUT2D eigenvalue weighted by Gasteiger charge is -2.29. The third kappa shape index (κ3) is 4.56. The topological polar surface area (TPSA) is 285 Å². The number of rotatable bonds is 7. The van der Waals surface area contributed by atoms with E-state index in [1.54, 1.807) is 0 Å². The standard InChI is InChI=1S/C21H27N10O9P/c1-7(14-12(33)13(34)20(39-14)30-5-26-10-15(22)24-4-25-16(10)30)40-41(36,37)9-2-8(3-32)38-19(9)31-6-27-11-17(31)28-21(23)29-18(11)35/h4-9,12-14,19-20,32-34H,2-3H2,1H3,(H,36,37)(H2,22,24,25)(H3,23,28,29,35)/t7-,8-,9+,12-,13+,14-,19?,20+/m0/s1. The number of hydrogen-bond donors (Lipinski definition) is 7. The monoisotopic (exact) mass is 594 g/mol. The van der Waals surface area contributed by atoms with E-state index in [0.29, 0.717) is 0 Å². The molecule has 0 aliphatic carbocycles. The van der Waals surface area contributed by atoms with Gasteiger partial charge in [-0.25, -0.2) is 19.9 Å². The molecule has 4 aromatic heterocycles. The molecule has 9 N–H and O–H groups in total. The first-order valence-electron chi connectivity index (χ1n) is 12.4. The number of anilines is 2. The maximum absolute atomic E-state index is 13.7. The highest BCUT2D eigenvalue weighted by atomic mass is 31.2. The highest BCUT2D eigenvalue weighted by molar-refractivity contribution is 7.53. The maximum atomic E-state index is 13.7. The molecule has 2 unspecified atom stereocenters. The molecule has 2 aliphatic heterocycles. The first-order chi connectivity index (χ1) is 19.5. The van der Waals surface area contributed by atoms with E-state index in [-0.39, 0.29) is 40.5 Å². The van der Waals surface area contributed by atoms with Crippen LogP contribution in [0.4, 0.5) is 11.8 Å². The summed E-state index contributed by atoms with van der Waals surface area (Å²) in [6.45, 7) is 0.942. The Kier molecular flexibility index (Phi) is 6.78. The minimum atomic E-state index is -4.63. The fourth-order valence-electron chi connectivity index (χ4n) is 5.26. The van der Waals surface area contributed by atoms with Crippen LogP contribution in [0.25, 0.3) is 22.3 Å². The van der Waals surface area contributed by atoms with Crippen LogP contribution in [-0.4, -0.2) is 102 Å². The fraction of sp³-hybridized carbons (Fsp3) is 0.524. The Labute approximate surface area is 229 Å². The smallest absolute Gasteiger partial charge is 0.336 e. The minimum absolute atomic E-state index is 0.00501. The number of nitrogens with two attached hydrogens (primary N) is 2.